The van der Waals surface area contributed by atoms with Crippen LogP contribution in [0.5, 0.6) is 0 Å². The lowest BCUT2D eigenvalue weighted by Gasteiger charge is -2.18. The third kappa shape index (κ3) is 5.33. The van der Waals surface area contributed by atoms with Crippen molar-refractivity contribution in [2.24, 2.45) is 5.73 Å². The van der Waals surface area contributed by atoms with Crippen molar-refractivity contribution in [1.82, 2.24) is 4.90 Å². The van der Waals surface area contributed by atoms with Gasteiger partial charge in [-0.25, -0.2) is 0 Å². The molecule has 2 nitrogen and oxygen atoms in total. The van der Waals surface area contributed by atoms with Gasteiger partial charge in [-0.05, 0) is 31.1 Å². The maximum absolute atomic E-state index is 5.75. The van der Waals surface area contributed by atoms with Gasteiger partial charge in [-0.3, -0.25) is 0 Å². The molecule has 0 aliphatic rings. The Kier molecular flexibility index (Phi) is 6.90. The Labute approximate surface area is 106 Å². The molecule has 0 unspecified atom stereocenters. The molecule has 1 rings (SSSR count). The van der Waals surface area contributed by atoms with Gasteiger partial charge in [0.05, 0.1) is 0 Å². The Hall–Kier alpha value is -0.860. The highest BCUT2D eigenvalue weighted by molar-refractivity contribution is 5.26. The van der Waals surface area contributed by atoms with Crippen molar-refractivity contribution in [3.8, 4) is 0 Å². The summed E-state index contributed by atoms with van der Waals surface area (Å²) in [4.78, 5) is 2.39. The van der Waals surface area contributed by atoms with E-state index < -0.39 is 0 Å². The normalized spacial score (nSPS) is 11.1. The Balaban J connectivity index is 2.36. The van der Waals surface area contributed by atoms with Crippen molar-refractivity contribution in [3.05, 3.63) is 35.4 Å². The second-order valence-electron chi connectivity index (χ2n) is 4.77. The summed E-state index contributed by atoms with van der Waals surface area (Å²) in [5.74, 6) is 0. The van der Waals surface area contributed by atoms with Gasteiger partial charge in [0, 0.05) is 13.1 Å². The summed E-state index contributed by atoms with van der Waals surface area (Å²) in [5, 5.41) is 0. The monoisotopic (exact) mass is 234 g/mol. The standard InChI is InChI=1S/C15H26N2/c1-3-4-5-8-11-17(2)13-15-10-7-6-9-14(15)12-16/h6-7,9-10H,3-5,8,11-13,16H2,1-2H3. The highest BCUT2D eigenvalue weighted by Crippen LogP contribution is 2.11. The lowest BCUT2D eigenvalue weighted by atomic mass is 10.1. The third-order valence-corrected chi connectivity index (χ3v) is 3.17. The molecule has 0 atom stereocenters. The molecule has 0 saturated heterocycles. The van der Waals surface area contributed by atoms with Crippen molar-refractivity contribution in [1.29, 1.82) is 0 Å². The molecule has 17 heavy (non-hydrogen) atoms. The molecule has 0 spiro atoms. The largest absolute Gasteiger partial charge is 0.326 e. The lowest BCUT2D eigenvalue weighted by molar-refractivity contribution is 0.316. The molecule has 2 heteroatoms. The van der Waals surface area contributed by atoms with E-state index in [2.05, 4.69) is 43.1 Å². The van der Waals surface area contributed by atoms with Crippen LogP contribution in [0.3, 0.4) is 0 Å². The molecule has 0 aromatic heterocycles. The van der Waals surface area contributed by atoms with Crippen LogP contribution in [0.25, 0.3) is 0 Å². The van der Waals surface area contributed by atoms with Crippen molar-refractivity contribution in [2.75, 3.05) is 13.6 Å². The molecule has 0 aliphatic heterocycles. The number of unbranched alkanes of at least 4 members (excludes halogenated alkanes) is 3. The van der Waals surface area contributed by atoms with E-state index in [1.54, 1.807) is 0 Å². The minimum atomic E-state index is 0.639. The van der Waals surface area contributed by atoms with Crippen LogP contribution in [-0.2, 0) is 13.1 Å². The number of hydrogen-bond donors (Lipinski definition) is 1. The average Bonchev–Trinajstić information content (AvgIpc) is 2.35. The number of rotatable bonds is 8. The second-order valence-corrected chi connectivity index (χ2v) is 4.77. The van der Waals surface area contributed by atoms with Crippen molar-refractivity contribution in [2.45, 2.75) is 45.7 Å². The summed E-state index contributed by atoms with van der Waals surface area (Å²) in [5.41, 5.74) is 8.39. The van der Waals surface area contributed by atoms with Crippen LogP contribution in [0.1, 0.15) is 43.7 Å². The molecular weight excluding hydrogens is 208 g/mol. The molecule has 0 bridgehead atoms. The van der Waals surface area contributed by atoms with Crippen LogP contribution in [0.2, 0.25) is 0 Å². The molecule has 1 aromatic rings. The number of benzene rings is 1. The molecule has 0 amide bonds. The molecule has 96 valence electrons. The van der Waals surface area contributed by atoms with Gasteiger partial charge < -0.3 is 10.6 Å². The Morgan fingerprint density at radius 2 is 1.76 bits per heavy atom. The first-order chi connectivity index (χ1) is 8.27. The number of nitrogens with zero attached hydrogens (tertiary/aromatic N) is 1. The first-order valence-corrected chi connectivity index (χ1v) is 6.73. The molecule has 0 radical (unpaired) electrons. The smallest absolute Gasteiger partial charge is 0.0233 e. The quantitative estimate of drug-likeness (QED) is 0.700. The molecule has 0 saturated carbocycles. The zero-order valence-electron chi connectivity index (χ0n) is 11.3. The maximum atomic E-state index is 5.75. The summed E-state index contributed by atoms with van der Waals surface area (Å²) in [6.45, 7) is 5.08. The molecule has 2 N–H and O–H groups in total. The van der Waals surface area contributed by atoms with Crippen LogP contribution in [0.4, 0.5) is 0 Å². The Morgan fingerprint density at radius 3 is 2.41 bits per heavy atom. The Bertz CT molecular complexity index is 310. The van der Waals surface area contributed by atoms with Gasteiger partial charge >= 0.3 is 0 Å². The summed E-state index contributed by atoms with van der Waals surface area (Å²) >= 11 is 0. The second kappa shape index (κ2) is 8.26. The topological polar surface area (TPSA) is 29.3 Å². The number of nitrogens with two attached hydrogens (primary N) is 1. The fourth-order valence-corrected chi connectivity index (χ4v) is 2.09. The molecule has 1 aromatic carbocycles. The van der Waals surface area contributed by atoms with Gasteiger partial charge in [-0.1, -0.05) is 50.5 Å². The predicted octanol–water partition coefficient (Wildman–Crippen LogP) is 3.16. The van der Waals surface area contributed by atoms with Crippen molar-refractivity contribution < 1.29 is 0 Å². The fraction of sp³-hybridized carbons (Fsp3) is 0.600. The zero-order chi connectivity index (χ0) is 12.5. The van der Waals surface area contributed by atoms with E-state index in [-0.39, 0.29) is 0 Å². The Morgan fingerprint density at radius 1 is 1.06 bits per heavy atom. The summed E-state index contributed by atoms with van der Waals surface area (Å²) < 4.78 is 0. The van der Waals surface area contributed by atoms with Crippen LogP contribution in [0, 0.1) is 0 Å². The van der Waals surface area contributed by atoms with Gasteiger partial charge in [0.25, 0.3) is 0 Å². The van der Waals surface area contributed by atoms with E-state index >= 15 is 0 Å². The fourth-order valence-electron chi connectivity index (χ4n) is 2.09. The maximum Gasteiger partial charge on any atom is 0.0233 e. The molecule has 0 aliphatic carbocycles. The lowest BCUT2D eigenvalue weighted by Crippen LogP contribution is -2.20. The number of hydrogen-bond acceptors (Lipinski definition) is 2. The van der Waals surface area contributed by atoms with Gasteiger partial charge in [-0.15, -0.1) is 0 Å². The van der Waals surface area contributed by atoms with Crippen molar-refractivity contribution in [3.63, 3.8) is 0 Å². The van der Waals surface area contributed by atoms with Crippen LogP contribution in [0.15, 0.2) is 24.3 Å². The highest BCUT2D eigenvalue weighted by Gasteiger charge is 2.03. The highest BCUT2D eigenvalue weighted by atomic mass is 15.1. The van der Waals surface area contributed by atoms with Gasteiger partial charge in [-0.2, -0.15) is 0 Å². The first-order valence-electron chi connectivity index (χ1n) is 6.73. The van der Waals surface area contributed by atoms with E-state index in [1.165, 1.54) is 43.4 Å². The van der Waals surface area contributed by atoms with Gasteiger partial charge in [0.15, 0.2) is 0 Å². The minimum Gasteiger partial charge on any atom is -0.326 e. The van der Waals surface area contributed by atoms with Crippen molar-refractivity contribution >= 4 is 0 Å². The first kappa shape index (κ1) is 14.2. The van der Waals surface area contributed by atoms with Crippen LogP contribution in [-0.4, -0.2) is 18.5 Å². The van der Waals surface area contributed by atoms with Crippen LogP contribution >= 0.6 is 0 Å². The van der Waals surface area contributed by atoms with Gasteiger partial charge in [0.2, 0.25) is 0 Å². The minimum absolute atomic E-state index is 0.639. The molecule has 0 fully saturated rings. The summed E-state index contributed by atoms with van der Waals surface area (Å²) in [6.07, 6.45) is 5.31. The van der Waals surface area contributed by atoms with Gasteiger partial charge in [0.1, 0.15) is 0 Å². The summed E-state index contributed by atoms with van der Waals surface area (Å²) in [7, 11) is 2.19. The summed E-state index contributed by atoms with van der Waals surface area (Å²) in [6, 6.07) is 8.47. The molecule has 0 heterocycles. The average molecular weight is 234 g/mol. The van der Waals surface area contributed by atoms with E-state index in [0.717, 1.165) is 6.54 Å². The zero-order valence-corrected chi connectivity index (χ0v) is 11.3. The van der Waals surface area contributed by atoms with E-state index in [0.29, 0.717) is 6.54 Å². The van der Waals surface area contributed by atoms with E-state index in [1.807, 2.05) is 0 Å². The third-order valence-electron chi connectivity index (χ3n) is 3.17. The van der Waals surface area contributed by atoms with E-state index in [9.17, 15) is 0 Å². The SMILES string of the molecule is CCCCCCN(C)Cc1ccccc1CN. The molecular formula is C15H26N2. The van der Waals surface area contributed by atoms with Crippen LogP contribution < -0.4 is 5.73 Å². The predicted molar refractivity (Wildman–Crippen MR) is 74.8 cm³/mol. The van der Waals surface area contributed by atoms with E-state index in [4.69, 9.17) is 5.73 Å².